The van der Waals surface area contributed by atoms with Crippen molar-refractivity contribution >= 4 is 34.4 Å². The van der Waals surface area contributed by atoms with Crippen molar-refractivity contribution in [2.24, 2.45) is 5.73 Å². The first kappa shape index (κ1) is 15.5. The van der Waals surface area contributed by atoms with E-state index in [-0.39, 0.29) is 11.4 Å². The van der Waals surface area contributed by atoms with Crippen molar-refractivity contribution in [2.45, 2.75) is 24.8 Å². The van der Waals surface area contributed by atoms with Crippen molar-refractivity contribution in [3.63, 3.8) is 0 Å². The summed E-state index contributed by atoms with van der Waals surface area (Å²) in [5.74, 6) is 0.849. The molecule has 4 rings (SSSR count). The van der Waals surface area contributed by atoms with Crippen molar-refractivity contribution in [3.05, 3.63) is 35.6 Å². The topological polar surface area (TPSA) is 87.0 Å². The quantitative estimate of drug-likeness (QED) is 0.790. The van der Waals surface area contributed by atoms with Gasteiger partial charge in [-0.2, -0.15) is 0 Å². The molecule has 0 atom stereocenters. The molecule has 2 aromatic heterocycles. The Balaban J connectivity index is 1.52. The molecule has 0 spiro atoms. The van der Waals surface area contributed by atoms with E-state index in [1.54, 1.807) is 18.0 Å². The minimum Gasteiger partial charge on any atom is -0.350 e. The van der Waals surface area contributed by atoms with E-state index in [9.17, 15) is 4.79 Å². The Bertz CT molecular complexity index is 795. The third kappa shape index (κ3) is 2.89. The molecule has 1 aliphatic heterocycles. The first-order chi connectivity index (χ1) is 11.6. The maximum absolute atomic E-state index is 12.5. The van der Waals surface area contributed by atoms with Crippen molar-refractivity contribution in [1.29, 1.82) is 0 Å². The highest BCUT2D eigenvalue weighted by molar-refractivity contribution is 8.04. The zero-order valence-electron chi connectivity index (χ0n) is 13.4. The molecule has 0 unspecified atom stereocenters. The molecule has 0 aromatic carbocycles. The van der Waals surface area contributed by atoms with Gasteiger partial charge in [0.1, 0.15) is 5.65 Å². The Hall–Kier alpha value is -1.99. The first-order valence-corrected chi connectivity index (χ1v) is 9.24. The molecule has 1 saturated carbocycles. The van der Waals surface area contributed by atoms with Gasteiger partial charge in [0, 0.05) is 48.4 Å². The van der Waals surface area contributed by atoms with Gasteiger partial charge in [0.25, 0.3) is 5.91 Å². The van der Waals surface area contributed by atoms with Crippen LogP contribution in [0.25, 0.3) is 11.0 Å². The number of nitrogens with one attached hydrogen (secondary N) is 2. The number of H-pyrrole nitrogens is 1. The predicted octanol–water partition coefficient (Wildman–Crippen LogP) is 1.96. The van der Waals surface area contributed by atoms with Gasteiger partial charge < -0.3 is 20.9 Å². The predicted molar refractivity (Wildman–Crippen MR) is 97.8 cm³/mol. The number of nitrogens with zero attached hydrogens (tertiary/aromatic N) is 2. The summed E-state index contributed by atoms with van der Waals surface area (Å²) in [5, 5.41) is 4.07. The Morgan fingerprint density at radius 1 is 1.46 bits per heavy atom. The van der Waals surface area contributed by atoms with Gasteiger partial charge >= 0.3 is 0 Å². The molecule has 2 aromatic rings. The number of carbonyl (C=O) groups is 1. The zero-order chi connectivity index (χ0) is 16.6. The third-order valence-corrected chi connectivity index (χ3v) is 5.77. The number of carbonyl (C=O) groups excluding carboxylic acids is 1. The maximum Gasteiger partial charge on any atom is 0.259 e. The summed E-state index contributed by atoms with van der Waals surface area (Å²) in [4.78, 5) is 22.8. The van der Waals surface area contributed by atoms with Gasteiger partial charge in [-0.25, -0.2) is 4.98 Å². The number of nitrogens with two attached hydrogens (primary N) is 1. The molecular formula is C17H21N5OS. The third-order valence-electron chi connectivity index (χ3n) is 4.78. The van der Waals surface area contributed by atoms with Crippen molar-refractivity contribution in [2.75, 3.05) is 23.7 Å². The normalized spacial score (nSPS) is 19.7. The van der Waals surface area contributed by atoms with Crippen LogP contribution in [0.4, 0.5) is 5.69 Å². The summed E-state index contributed by atoms with van der Waals surface area (Å²) in [5.41, 5.74) is 7.92. The number of fused-ring (bicyclic) bond motifs is 1. The van der Waals surface area contributed by atoms with Crippen LogP contribution < -0.4 is 16.0 Å². The molecule has 1 aliphatic carbocycles. The SMILES string of the molecule is NC1(CNC(=O)C2=CN(c3ccnc4[nH]ccc34)CCS2)CCC1. The summed E-state index contributed by atoms with van der Waals surface area (Å²) in [7, 11) is 0. The second-order valence-corrected chi connectivity index (χ2v) is 7.64. The number of aromatic nitrogens is 2. The highest BCUT2D eigenvalue weighted by Gasteiger charge is 2.33. The van der Waals surface area contributed by atoms with Gasteiger partial charge in [0.05, 0.1) is 10.6 Å². The lowest BCUT2D eigenvalue weighted by Gasteiger charge is -2.38. The van der Waals surface area contributed by atoms with Crippen molar-refractivity contribution in [3.8, 4) is 0 Å². The smallest absolute Gasteiger partial charge is 0.259 e. The highest BCUT2D eigenvalue weighted by atomic mass is 32.2. The number of hydrogen-bond acceptors (Lipinski definition) is 5. The van der Waals surface area contributed by atoms with Gasteiger partial charge in [-0.3, -0.25) is 4.79 Å². The molecule has 1 amide bonds. The molecule has 126 valence electrons. The van der Waals surface area contributed by atoms with Crippen LogP contribution in [0.1, 0.15) is 19.3 Å². The minimum atomic E-state index is -0.197. The molecule has 3 heterocycles. The number of pyridine rings is 1. The van der Waals surface area contributed by atoms with Crippen LogP contribution >= 0.6 is 11.8 Å². The van der Waals surface area contributed by atoms with Crippen LogP contribution in [0.3, 0.4) is 0 Å². The maximum atomic E-state index is 12.5. The Kier molecular flexibility index (Phi) is 3.97. The van der Waals surface area contributed by atoms with Gasteiger partial charge in [-0.15, -0.1) is 11.8 Å². The Morgan fingerprint density at radius 2 is 2.33 bits per heavy atom. The molecule has 6 nitrogen and oxygen atoms in total. The highest BCUT2D eigenvalue weighted by Crippen LogP contribution is 2.31. The van der Waals surface area contributed by atoms with E-state index in [1.165, 1.54) is 0 Å². The van der Waals surface area contributed by atoms with Gasteiger partial charge in [-0.05, 0) is 31.4 Å². The Morgan fingerprint density at radius 3 is 3.12 bits per heavy atom. The minimum absolute atomic E-state index is 0.0270. The lowest BCUT2D eigenvalue weighted by Crippen LogP contribution is -2.55. The van der Waals surface area contributed by atoms with Crippen molar-refractivity contribution in [1.82, 2.24) is 15.3 Å². The average molecular weight is 343 g/mol. The van der Waals surface area contributed by atoms with E-state index in [0.717, 1.165) is 53.2 Å². The van der Waals surface area contributed by atoms with Crippen LogP contribution in [-0.4, -0.2) is 40.3 Å². The van der Waals surface area contributed by atoms with E-state index < -0.39 is 0 Å². The molecule has 0 radical (unpaired) electrons. The molecule has 0 bridgehead atoms. The van der Waals surface area contributed by atoms with E-state index in [1.807, 2.05) is 24.5 Å². The van der Waals surface area contributed by atoms with Crippen LogP contribution in [0.15, 0.2) is 35.6 Å². The number of hydrogen-bond donors (Lipinski definition) is 3. The van der Waals surface area contributed by atoms with Gasteiger partial charge in [-0.1, -0.05) is 0 Å². The number of rotatable bonds is 4. The van der Waals surface area contributed by atoms with Crippen LogP contribution in [0.2, 0.25) is 0 Å². The van der Waals surface area contributed by atoms with Crippen LogP contribution in [0, 0.1) is 0 Å². The summed E-state index contributed by atoms with van der Waals surface area (Å²) in [6, 6.07) is 4.00. The fourth-order valence-corrected chi connectivity index (χ4v) is 4.07. The zero-order valence-corrected chi connectivity index (χ0v) is 14.2. The summed E-state index contributed by atoms with van der Waals surface area (Å²) >= 11 is 1.60. The second kappa shape index (κ2) is 6.14. The van der Waals surface area contributed by atoms with Crippen LogP contribution in [-0.2, 0) is 4.79 Å². The molecule has 4 N–H and O–H groups in total. The fraction of sp³-hybridized carbons (Fsp3) is 0.412. The first-order valence-electron chi connectivity index (χ1n) is 8.25. The number of anilines is 1. The summed E-state index contributed by atoms with van der Waals surface area (Å²) in [6.07, 6.45) is 8.76. The number of thioether (sulfide) groups is 1. The fourth-order valence-electron chi connectivity index (χ4n) is 3.16. The van der Waals surface area contributed by atoms with Crippen LogP contribution in [0.5, 0.6) is 0 Å². The monoisotopic (exact) mass is 343 g/mol. The van der Waals surface area contributed by atoms with E-state index >= 15 is 0 Å². The molecule has 1 fully saturated rings. The number of aromatic amines is 1. The second-order valence-electron chi connectivity index (χ2n) is 6.50. The van der Waals surface area contributed by atoms with E-state index in [4.69, 9.17) is 5.73 Å². The molecular weight excluding hydrogens is 322 g/mol. The van der Waals surface area contributed by atoms with E-state index in [2.05, 4.69) is 20.2 Å². The molecule has 7 heteroatoms. The lowest BCUT2D eigenvalue weighted by atomic mass is 9.78. The summed E-state index contributed by atoms with van der Waals surface area (Å²) < 4.78 is 0. The number of amides is 1. The largest absolute Gasteiger partial charge is 0.350 e. The Labute approximate surface area is 144 Å². The molecule has 24 heavy (non-hydrogen) atoms. The van der Waals surface area contributed by atoms with E-state index in [0.29, 0.717) is 6.54 Å². The summed E-state index contributed by atoms with van der Waals surface area (Å²) in [6.45, 7) is 1.42. The lowest BCUT2D eigenvalue weighted by molar-refractivity contribution is -0.117. The average Bonchev–Trinajstić information content (AvgIpc) is 3.06. The van der Waals surface area contributed by atoms with Gasteiger partial charge in [0.15, 0.2) is 0 Å². The van der Waals surface area contributed by atoms with Crippen molar-refractivity contribution < 1.29 is 4.79 Å². The molecule has 0 saturated heterocycles. The molecule has 2 aliphatic rings. The van der Waals surface area contributed by atoms with Gasteiger partial charge in [0.2, 0.25) is 0 Å². The standard InChI is InChI=1S/C17H21N5OS/c18-17(4-1-5-17)11-21-16(23)14-10-22(8-9-24-14)13-3-7-20-15-12(13)2-6-19-15/h2-3,6-7,10H,1,4-5,8-9,11,18H2,(H,19,20)(H,21,23).